The molecule has 2 rings (SSSR count). The van der Waals surface area contributed by atoms with Crippen LogP contribution in [0.4, 0.5) is 0 Å². The molecule has 0 bridgehead atoms. The summed E-state index contributed by atoms with van der Waals surface area (Å²) in [5, 5.41) is 3.03. The summed E-state index contributed by atoms with van der Waals surface area (Å²) in [4.78, 5) is 8.51. The first-order valence-corrected chi connectivity index (χ1v) is 8.07. The second kappa shape index (κ2) is 12.3. The average Bonchev–Trinajstić information content (AvgIpc) is 2.63. The van der Waals surface area contributed by atoms with Crippen molar-refractivity contribution in [3.63, 3.8) is 0 Å². The van der Waals surface area contributed by atoms with Crippen molar-refractivity contribution >= 4 is 29.9 Å². The van der Waals surface area contributed by atoms with Crippen molar-refractivity contribution in [1.29, 1.82) is 0 Å². The van der Waals surface area contributed by atoms with Crippen LogP contribution in [0.5, 0.6) is 11.6 Å². The van der Waals surface area contributed by atoms with E-state index in [1.807, 2.05) is 42.5 Å². The van der Waals surface area contributed by atoms with E-state index in [4.69, 9.17) is 15.2 Å². The van der Waals surface area contributed by atoms with Gasteiger partial charge in [0.2, 0.25) is 5.88 Å². The minimum absolute atomic E-state index is 0. The normalized spacial score (nSPS) is 10.7. The first-order chi connectivity index (χ1) is 11.8. The van der Waals surface area contributed by atoms with Gasteiger partial charge in [0.05, 0.1) is 6.54 Å². The first kappa shape index (κ1) is 21.0. The summed E-state index contributed by atoms with van der Waals surface area (Å²) >= 11 is 0. The Hall–Kier alpha value is -2.03. The van der Waals surface area contributed by atoms with Gasteiger partial charge in [-0.05, 0) is 24.1 Å². The molecule has 0 atom stereocenters. The first-order valence-electron chi connectivity index (χ1n) is 8.07. The number of guanidine groups is 1. The van der Waals surface area contributed by atoms with E-state index in [1.165, 1.54) is 0 Å². The van der Waals surface area contributed by atoms with Crippen LogP contribution in [-0.2, 0) is 6.54 Å². The molecule has 7 heteroatoms. The van der Waals surface area contributed by atoms with Crippen molar-refractivity contribution in [2.75, 3.05) is 19.8 Å². The van der Waals surface area contributed by atoms with Crippen molar-refractivity contribution < 1.29 is 9.47 Å². The van der Waals surface area contributed by atoms with E-state index in [0.717, 1.165) is 24.3 Å². The zero-order valence-electron chi connectivity index (χ0n) is 14.4. The predicted octanol–water partition coefficient (Wildman–Crippen LogP) is 2.97. The molecule has 25 heavy (non-hydrogen) atoms. The van der Waals surface area contributed by atoms with Crippen molar-refractivity contribution in [3.05, 3.63) is 54.2 Å². The lowest BCUT2D eigenvalue weighted by molar-refractivity contribution is 0.212. The molecule has 0 fully saturated rings. The molecule has 0 saturated carbocycles. The Labute approximate surface area is 165 Å². The quantitative estimate of drug-likeness (QED) is 0.263. The second-order valence-corrected chi connectivity index (χ2v) is 5.14. The van der Waals surface area contributed by atoms with Gasteiger partial charge in [-0.25, -0.2) is 9.98 Å². The summed E-state index contributed by atoms with van der Waals surface area (Å²) in [6, 6.07) is 13.4. The number of halogens is 1. The standard InChI is InChI=1S/C18H24N4O2.HI/c1-2-10-20-18(19)22-14-15-8-9-17(21-13-15)24-12-11-23-16-6-4-3-5-7-16;/h3-9,13H,2,10-12,14H2,1H3,(H3,19,20,22);1H. The Bertz CT molecular complexity index is 621. The number of nitrogens with two attached hydrogens (primary N) is 1. The molecule has 0 spiro atoms. The lowest BCUT2D eigenvalue weighted by Gasteiger charge is -2.08. The molecular formula is C18H25IN4O2. The van der Waals surface area contributed by atoms with Crippen LogP contribution in [0.3, 0.4) is 0 Å². The van der Waals surface area contributed by atoms with Gasteiger partial charge < -0.3 is 20.5 Å². The molecule has 1 aromatic heterocycles. The number of benzene rings is 1. The van der Waals surface area contributed by atoms with Crippen LogP contribution >= 0.6 is 24.0 Å². The second-order valence-electron chi connectivity index (χ2n) is 5.14. The third-order valence-corrected chi connectivity index (χ3v) is 3.13. The maximum atomic E-state index is 5.75. The summed E-state index contributed by atoms with van der Waals surface area (Å²) in [6.07, 6.45) is 2.75. The van der Waals surface area contributed by atoms with Crippen LogP contribution in [0, 0.1) is 0 Å². The monoisotopic (exact) mass is 456 g/mol. The zero-order chi connectivity index (χ0) is 17.0. The van der Waals surface area contributed by atoms with Crippen LogP contribution in [0.2, 0.25) is 0 Å². The molecule has 3 N–H and O–H groups in total. The molecule has 0 aliphatic rings. The van der Waals surface area contributed by atoms with Gasteiger partial charge in [-0.15, -0.1) is 24.0 Å². The topological polar surface area (TPSA) is 81.8 Å². The van der Waals surface area contributed by atoms with E-state index in [9.17, 15) is 0 Å². The van der Waals surface area contributed by atoms with Crippen molar-refractivity contribution in [2.24, 2.45) is 10.7 Å². The Balaban J connectivity index is 0.00000312. The number of nitrogens with zero attached hydrogens (tertiary/aromatic N) is 2. The zero-order valence-corrected chi connectivity index (χ0v) is 16.7. The molecule has 0 radical (unpaired) electrons. The number of ether oxygens (including phenoxy) is 2. The molecule has 0 aliphatic heterocycles. The molecule has 1 aromatic carbocycles. The Morgan fingerprint density at radius 1 is 1.12 bits per heavy atom. The maximum absolute atomic E-state index is 5.75. The Morgan fingerprint density at radius 2 is 1.88 bits per heavy atom. The van der Waals surface area contributed by atoms with E-state index >= 15 is 0 Å². The summed E-state index contributed by atoms with van der Waals surface area (Å²) in [7, 11) is 0. The van der Waals surface area contributed by atoms with Gasteiger partial charge in [-0.2, -0.15) is 0 Å². The number of para-hydroxylation sites is 1. The Kier molecular flexibility index (Phi) is 10.4. The van der Waals surface area contributed by atoms with Gasteiger partial charge in [0.25, 0.3) is 0 Å². The molecule has 0 saturated heterocycles. The fourth-order valence-electron chi connectivity index (χ4n) is 1.90. The van der Waals surface area contributed by atoms with Crippen molar-refractivity contribution in [2.45, 2.75) is 19.9 Å². The van der Waals surface area contributed by atoms with E-state index in [2.05, 4.69) is 22.2 Å². The molecule has 6 nitrogen and oxygen atoms in total. The van der Waals surface area contributed by atoms with Crippen LogP contribution < -0.4 is 20.5 Å². The van der Waals surface area contributed by atoms with Gasteiger partial charge in [-0.1, -0.05) is 31.2 Å². The highest BCUT2D eigenvalue weighted by molar-refractivity contribution is 14.0. The molecule has 0 amide bonds. The van der Waals surface area contributed by atoms with Crippen LogP contribution in [0.15, 0.2) is 53.7 Å². The fraction of sp³-hybridized carbons (Fsp3) is 0.333. The van der Waals surface area contributed by atoms with Crippen molar-refractivity contribution in [1.82, 2.24) is 10.3 Å². The largest absolute Gasteiger partial charge is 0.490 e. The Morgan fingerprint density at radius 3 is 2.56 bits per heavy atom. The fourth-order valence-corrected chi connectivity index (χ4v) is 1.90. The highest BCUT2D eigenvalue weighted by Crippen LogP contribution is 2.10. The number of pyridine rings is 1. The van der Waals surface area contributed by atoms with Crippen LogP contribution in [-0.4, -0.2) is 30.7 Å². The summed E-state index contributed by atoms with van der Waals surface area (Å²) in [6.45, 7) is 4.30. The molecule has 1 heterocycles. The van der Waals surface area contributed by atoms with E-state index in [-0.39, 0.29) is 24.0 Å². The molecule has 0 unspecified atom stereocenters. The summed E-state index contributed by atoms with van der Waals surface area (Å²) in [5.41, 5.74) is 6.72. The third kappa shape index (κ3) is 8.57. The number of rotatable bonds is 9. The lowest BCUT2D eigenvalue weighted by Crippen LogP contribution is -2.32. The number of hydrogen-bond acceptors (Lipinski definition) is 4. The minimum Gasteiger partial charge on any atom is -0.490 e. The minimum atomic E-state index is 0. The van der Waals surface area contributed by atoms with E-state index < -0.39 is 0 Å². The summed E-state index contributed by atoms with van der Waals surface area (Å²) in [5.74, 6) is 1.85. The number of aliphatic imine (C=N–C) groups is 1. The molecule has 0 aliphatic carbocycles. The highest BCUT2D eigenvalue weighted by Gasteiger charge is 1.98. The number of hydrogen-bond donors (Lipinski definition) is 2. The van der Waals surface area contributed by atoms with Crippen LogP contribution in [0.25, 0.3) is 0 Å². The van der Waals surface area contributed by atoms with E-state index in [1.54, 1.807) is 6.20 Å². The number of nitrogens with one attached hydrogen (secondary N) is 1. The average molecular weight is 456 g/mol. The maximum Gasteiger partial charge on any atom is 0.213 e. The SMILES string of the molecule is CCCNC(N)=NCc1ccc(OCCOc2ccccc2)nc1.I. The van der Waals surface area contributed by atoms with Gasteiger partial charge in [0.1, 0.15) is 19.0 Å². The predicted molar refractivity (Wildman–Crippen MR) is 111 cm³/mol. The third-order valence-electron chi connectivity index (χ3n) is 3.13. The smallest absolute Gasteiger partial charge is 0.213 e. The van der Waals surface area contributed by atoms with Gasteiger partial charge in [0.15, 0.2) is 5.96 Å². The summed E-state index contributed by atoms with van der Waals surface area (Å²) < 4.78 is 11.1. The lowest BCUT2D eigenvalue weighted by atomic mass is 10.3. The van der Waals surface area contributed by atoms with Gasteiger partial charge in [-0.3, -0.25) is 0 Å². The highest BCUT2D eigenvalue weighted by atomic mass is 127. The number of aromatic nitrogens is 1. The van der Waals surface area contributed by atoms with Crippen molar-refractivity contribution in [3.8, 4) is 11.6 Å². The molecule has 2 aromatic rings. The molecule has 136 valence electrons. The van der Waals surface area contributed by atoms with Gasteiger partial charge in [0, 0.05) is 18.8 Å². The van der Waals surface area contributed by atoms with Gasteiger partial charge >= 0.3 is 0 Å². The van der Waals surface area contributed by atoms with Crippen LogP contribution in [0.1, 0.15) is 18.9 Å². The molecular weight excluding hydrogens is 431 g/mol. The van der Waals surface area contributed by atoms with E-state index in [0.29, 0.717) is 31.6 Å².